The Balaban J connectivity index is 1.62. The first-order valence-corrected chi connectivity index (χ1v) is 8.81. The van der Waals surface area contributed by atoms with Crippen LogP contribution in [0.25, 0.3) is 16.3 Å². The van der Waals surface area contributed by atoms with E-state index >= 15 is 0 Å². The van der Waals surface area contributed by atoms with E-state index in [-0.39, 0.29) is 5.91 Å². The molecule has 4 rings (SSSR count). The second kappa shape index (κ2) is 7.04. The fourth-order valence-corrected chi connectivity index (χ4v) is 3.28. The van der Waals surface area contributed by atoms with Crippen LogP contribution in [0.5, 0.6) is 11.5 Å². The predicted molar refractivity (Wildman–Crippen MR) is 102 cm³/mol. The van der Waals surface area contributed by atoms with Crippen molar-refractivity contribution in [3.05, 3.63) is 54.1 Å². The van der Waals surface area contributed by atoms with Gasteiger partial charge in [-0.25, -0.2) is 0 Å². The summed E-state index contributed by atoms with van der Waals surface area (Å²) >= 11 is 1.24. The number of anilines is 1. The number of benzene rings is 2. The first kappa shape index (κ1) is 17.0. The van der Waals surface area contributed by atoms with Gasteiger partial charge in [0.05, 0.1) is 14.2 Å². The minimum Gasteiger partial charge on any atom is -0.497 e. The van der Waals surface area contributed by atoms with Crippen molar-refractivity contribution in [1.29, 1.82) is 0 Å². The smallest absolute Gasteiger partial charge is 0.257 e. The van der Waals surface area contributed by atoms with Crippen LogP contribution in [0.3, 0.4) is 0 Å². The van der Waals surface area contributed by atoms with Gasteiger partial charge >= 0.3 is 0 Å². The summed E-state index contributed by atoms with van der Waals surface area (Å²) in [5.74, 6) is 1.62. The number of methoxy groups -OCH3 is 2. The summed E-state index contributed by atoms with van der Waals surface area (Å²) in [6.45, 7) is 0. The Kier molecular flexibility index (Phi) is 4.43. The predicted octanol–water partition coefficient (Wildman–Crippen LogP) is 3.12. The van der Waals surface area contributed by atoms with E-state index in [1.54, 1.807) is 43.0 Å². The molecule has 0 saturated heterocycles. The van der Waals surface area contributed by atoms with Gasteiger partial charge in [0.25, 0.3) is 5.91 Å². The molecular formula is C18H15N5O3S. The van der Waals surface area contributed by atoms with Crippen LogP contribution in [0.4, 0.5) is 5.13 Å². The third kappa shape index (κ3) is 3.32. The largest absolute Gasteiger partial charge is 0.497 e. The Morgan fingerprint density at radius 1 is 1.04 bits per heavy atom. The lowest BCUT2D eigenvalue weighted by atomic mass is 10.2. The second-order valence-electron chi connectivity index (χ2n) is 5.54. The number of carbonyl (C=O) groups excluding carboxylic acids is 1. The molecule has 0 bridgehead atoms. The average molecular weight is 381 g/mol. The van der Waals surface area contributed by atoms with Gasteiger partial charge in [-0.15, -0.1) is 15.3 Å². The lowest BCUT2D eigenvalue weighted by molar-refractivity contribution is 0.102. The van der Waals surface area contributed by atoms with Crippen molar-refractivity contribution in [3.8, 4) is 22.9 Å². The van der Waals surface area contributed by atoms with E-state index in [9.17, 15) is 4.79 Å². The van der Waals surface area contributed by atoms with Gasteiger partial charge in [-0.05, 0) is 30.3 Å². The molecule has 0 fully saturated rings. The van der Waals surface area contributed by atoms with Gasteiger partial charge in [-0.3, -0.25) is 10.1 Å². The van der Waals surface area contributed by atoms with Crippen molar-refractivity contribution in [1.82, 2.24) is 19.8 Å². The number of hydrogen-bond acceptors (Lipinski definition) is 7. The standard InChI is InChI=1S/C18H15N5O3S/c1-25-13-7-3-5-11(9-13)15-20-21-18-23(15)22-17(27-18)19-16(24)12-6-4-8-14(10-12)26-2/h3-10H,1-2H3,(H,19,22,24). The fourth-order valence-electron chi connectivity index (χ4n) is 2.54. The summed E-state index contributed by atoms with van der Waals surface area (Å²) < 4.78 is 12.0. The van der Waals surface area contributed by atoms with E-state index in [4.69, 9.17) is 9.47 Å². The summed E-state index contributed by atoms with van der Waals surface area (Å²) in [5.41, 5.74) is 1.30. The van der Waals surface area contributed by atoms with Gasteiger partial charge in [-0.2, -0.15) is 4.52 Å². The van der Waals surface area contributed by atoms with E-state index in [2.05, 4.69) is 20.6 Å². The van der Waals surface area contributed by atoms with Crippen molar-refractivity contribution >= 4 is 27.3 Å². The number of hydrogen-bond donors (Lipinski definition) is 1. The van der Waals surface area contributed by atoms with Crippen LogP contribution in [0.1, 0.15) is 10.4 Å². The fraction of sp³-hybridized carbons (Fsp3) is 0.111. The summed E-state index contributed by atoms with van der Waals surface area (Å²) in [6.07, 6.45) is 0. The zero-order valence-electron chi connectivity index (χ0n) is 14.5. The van der Waals surface area contributed by atoms with E-state index < -0.39 is 0 Å². The molecule has 9 heteroatoms. The van der Waals surface area contributed by atoms with E-state index in [0.29, 0.717) is 33.0 Å². The minimum absolute atomic E-state index is 0.276. The quantitative estimate of drug-likeness (QED) is 0.571. The molecular weight excluding hydrogens is 366 g/mol. The van der Waals surface area contributed by atoms with Crippen molar-refractivity contribution in [2.75, 3.05) is 19.5 Å². The monoisotopic (exact) mass is 381 g/mol. The molecule has 0 aliphatic heterocycles. The molecule has 1 amide bonds. The Morgan fingerprint density at radius 3 is 2.56 bits per heavy atom. The molecule has 0 saturated carbocycles. The number of fused-ring (bicyclic) bond motifs is 1. The maximum atomic E-state index is 12.5. The first-order chi connectivity index (χ1) is 13.2. The summed E-state index contributed by atoms with van der Waals surface area (Å²) in [7, 11) is 3.16. The molecule has 136 valence electrons. The van der Waals surface area contributed by atoms with Gasteiger partial charge < -0.3 is 9.47 Å². The van der Waals surface area contributed by atoms with Crippen LogP contribution >= 0.6 is 11.3 Å². The van der Waals surface area contributed by atoms with Gasteiger partial charge in [0, 0.05) is 11.1 Å². The first-order valence-electron chi connectivity index (χ1n) is 8.00. The second-order valence-corrected chi connectivity index (χ2v) is 6.50. The van der Waals surface area contributed by atoms with Crippen molar-refractivity contribution in [2.24, 2.45) is 0 Å². The van der Waals surface area contributed by atoms with Gasteiger partial charge in [0.2, 0.25) is 10.1 Å². The summed E-state index contributed by atoms with van der Waals surface area (Å²) in [5, 5.41) is 15.9. The van der Waals surface area contributed by atoms with E-state index in [1.165, 1.54) is 11.3 Å². The maximum Gasteiger partial charge on any atom is 0.257 e. The molecule has 0 aliphatic carbocycles. The number of rotatable bonds is 5. The van der Waals surface area contributed by atoms with E-state index in [0.717, 1.165) is 5.56 Å². The third-order valence-corrected chi connectivity index (χ3v) is 4.69. The highest BCUT2D eigenvalue weighted by Crippen LogP contribution is 2.26. The number of aromatic nitrogens is 4. The third-order valence-electron chi connectivity index (χ3n) is 3.87. The molecule has 8 nitrogen and oxygen atoms in total. The van der Waals surface area contributed by atoms with Crippen LogP contribution in [-0.4, -0.2) is 39.9 Å². The highest BCUT2D eigenvalue weighted by atomic mass is 32.1. The van der Waals surface area contributed by atoms with Gasteiger partial charge in [0.15, 0.2) is 5.82 Å². The number of nitrogens with zero attached hydrogens (tertiary/aromatic N) is 4. The van der Waals surface area contributed by atoms with Gasteiger partial charge in [-0.1, -0.05) is 29.5 Å². The van der Waals surface area contributed by atoms with Crippen LogP contribution in [0.15, 0.2) is 48.5 Å². The molecule has 0 radical (unpaired) electrons. The Morgan fingerprint density at radius 2 is 1.78 bits per heavy atom. The van der Waals surface area contributed by atoms with Crippen molar-refractivity contribution in [2.45, 2.75) is 0 Å². The van der Waals surface area contributed by atoms with Crippen molar-refractivity contribution in [3.63, 3.8) is 0 Å². The number of carbonyl (C=O) groups is 1. The molecule has 4 aromatic rings. The molecule has 2 aromatic carbocycles. The zero-order chi connectivity index (χ0) is 18.8. The number of nitrogens with one attached hydrogen (secondary N) is 1. The number of ether oxygens (including phenoxy) is 2. The Hall–Kier alpha value is -3.46. The molecule has 0 spiro atoms. The highest BCUT2D eigenvalue weighted by molar-refractivity contribution is 7.20. The molecule has 0 aliphatic rings. The minimum atomic E-state index is -0.276. The molecule has 1 N–H and O–H groups in total. The van der Waals surface area contributed by atoms with Crippen LogP contribution in [0.2, 0.25) is 0 Å². The molecule has 0 unspecified atom stereocenters. The SMILES string of the molecule is COc1cccc(C(=O)Nc2nn3c(-c4cccc(OC)c4)nnc3s2)c1. The lowest BCUT2D eigenvalue weighted by Crippen LogP contribution is -2.12. The average Bonchev–Trinajstić information content (AvgIpc) is 3.28. The highest BCUT2D eigenvalue weighted by Gasteiger charge is 2.16. The molecule has 2 aromatic heterocycles. The Bertz CT molecular complexity index is 1120. The molecule has 27 heavy (non-hydrogen) atoms. The summed E-state index contributed by atoms with van der Waals surface area (Å²) in [4.78, 5) is 13.0. The van der Waals surface area contributed by atoms with Crippen LogP contribution in [-0.2, 0) is 0 Å². The number of amides is 1. The zero-order valence-corrected chi connectivity index (χ0v) is 15.4. The molecule has 2 heterocycles. The van der Waals surface area contributed by atoms with E-state index in [1.807, 2.05) is 24.3 Å². The van der Waals surface area contributed by atoms with Crippen LogP contribution < -0.4 is 14.8 Å². The normalized spacial score (nSPS) is 10.7. The van der Waals surface area contributed by atoms with Crippen molar-refractivity contribution < 1.29 is 14.3 Å². The topological polar surface area (TPSA) is 90.6 Å². The molecule has 0 atom stereocenters. The van der Waals surface area contributed by atoms with Gasteiger partial charge in [0.1, 0.15) is 11.5 Å². The lowest BCUT2D eigenvalue weighted by Gasteiger charge is -2.04. The Labute approximate surface area is 158 Å². The summed E-state index contributed by atoms with van der Waals surface area (Å²) in [6, 6.07) is 14.4. The van der Waals surface area contributed by atoms with Crippen LogP contribution in [0, 0.1) is 0 Å². The maximum absolute atomic E-state index is 12.5.